The van der Waals surface area contributed by atoms with Crippen molar-refractivity contribution in [2.45, 2.75) is 56.4 Å². The van der Waals surface area contributed by atoms with Gasteiger partial charge < -0.3 is 0 Å². The zero-order valence-corrected chi connectivity index (χ0v) is 13.1. The number of nitrogens with zero attached hydrogens (tertiary/aromatic N) is 1. The summed E-state index contributed by atoms with van der Waals surface area (Å²) in [4.78, 5) is 0.440. The number of aryl methyl sites for hydroxylation is 1. The molecule has 2 aliphatic rings. The van der Waals surface area contributed by atoms with Crippen LogP contribution >= 0.6 is 0 Å². The van der Waals surface area contributed by atoms with E-state index in [9.17, 15) is 8.42 Å². The van der Waals surface area contributed by atoms with Crippen LogP contribution in [0, 0.1) is 12.8 Å². The summed E-state index contributed by atoms with van der Waals surface area (Å²) in [6.45, 7) is 4.81. The molecular weight excluding hydrogens is 270 g/mol. The van der Waals surface area contributed by atoms with E-state index in [4.69, 9.17) is 0 Å². The third-order valence-electron chi connectivity index (χ3n) is 4.94. The largest absolute Gasteiger partial charge is 0.243 e. The number of fused-ring (bicyclic) bond motifs is 2. The van der Waals surface area contributed by atoms with Gasteiger partial charge in [-0.05, 0) is 51.2 Å². The van der Waals surface area contributed by atoms with Gasteiger partial charge in [-0.2, -0.15) is 4.31 Å². The summed E-state index contributed by atoms with van der Waals surface area (Å²) in [5, 5.41) is 0. The predicted octanol–water partition coefficient (Wildman–Crippen LogP) is 3.34. The summed E-state index contributed by atoms with van der Waals surface area (Å²) < 4.78 is 27.6. The Balaban J connectivity index is 1.97. The lowest BCUT2D eigenvalue weighted by molar-refractivity contribution is 0.241. The van der Waals surface area contributed by atoms with Crippen molar-refractivity contribution in [1.82, 2.24) is 4.31 Å². The van der Waals surface area contributed by atoms with Gasteiger partial charge in [0.05, 0.1) is 4.90 Å². The standard InChI is InChI=1S/C16H23NO2S/c1-13-6-8-15(9-7-13)20(18,19)17-12-14-5-3-4-10-16(17,2)11-14/h6-9,14H,3-5,10-12H2,1-2H3/t14-,16+/m1/s1. The molecule has 20 heavy (non-hydrogen) atoms. The maximum atomic E-state index is 12.9. The molecule has 0 amide bonds. The Kier molecular flexibility index (Phi) is 3.41. The van der Waals surface area contributed by atoms with Gasteiger partial charge in [-0.3, -0.25) is 0 Å². The summed E-state index contributed by atoms with van der Waals surface area (Å²) in [6, 6.07) is 7.24. The maximum absolute atomic E-state index is 12.9. The minimum atomic E-state index is -3.35. The summed E-state index contributed by atoms with van der Waals surface area (Å²) in [5.41, 5.74) is 0.914. The number of sulfonamides is 1. The highest BCUT2D eigenvalue weighted by Gasteiger charge is 2.48. The molecule has 0 radical (unpaired) electrons. The van der Waals surface area contributed by atoms with E-state index in [0.29, 0.717) is 17.4 Å². The van der Waals surface area contributed by atoms with Crippen LogP contribution in [0.1, 0.15) is 44.6 Å². The average molecular weight is 293 g/mol. The number of rotatable bonds is 2. The molecule has 2 bridgehead atoms. The van der Waals surface area contributed by atoms with Crippen LogP contribution in [0.25, 0.3) is 0 Å². The quantitative estimate of drug-likeness (QED) is 0.838. The third kappa shape index (κ3) is 2.29. The highest BCUT2D eigenvalue weighted by atomic mass is 32.2. The normalized spacial score (nSPS) is 31.2. The van der Waals surface area contributed by atoms with Crippen molar-refractivity contribution in [3.63, 3.8) is 0 Å². The van der Waals surface area contributed by atoms with Crippen molar-refractivity contribution in [1.29, 1.82) is 0 Å². The van der Waals surface area contributed by atoms with Crippen molar-refractivity contribution < 1.29 is 8.42 Å². The van der Waals surface area contributed by atoms with Gasteiger partial charge in [0.2, 0.25) is 10.0 Å². The number of hydrogen-bond donors (Lipinski definition) is 0. The van der Waals surface area contributed by atoms with Crippen molar-refractivity contribution in [3.8, 4) is 0 Å². The van der Waals surface area contributed by atoms with Crippen LogP contribution in [0.15, 0.2) is 29.2 Å². The van der Waals surface area contributed by atoms with E-state index in [2.05, 4.69) is 6.92 Å². The smallest absolute Gasteiger partial charge is 0.207 e. The maximum Gasteiger partial charge on any atom is 0.243 e. The number of benzene rings is 1. The lowest BCUT2D eigenvalue weighted by Crippen LogP contribution is -2.45. The zero-order chi connectivity index (χ0) is 14.4. The van der Waals surface area contributed by atoms with Gasteiger partial charge in [0.1, 0.15) is 0 Å². The highest BCUT2D eigenvalue weighted by molar-refractivity contribution is 7.89. The number of hydrogen-bond acceptors (Lipinski definition) is 2. The van der Waals surface area contributed by atoms with Crippen LogP contribution in [0.2, 0.25) is 0 Å². The lowest BCUT2D eigenvalue weighted by atomic mass is 9.93. The molecule has 4 heteroatoms. The predicted molar refractivity (Wildman–Crippen MR) is 80.1 cm³/mol. The van der Waals surface area contributed by atoms with E-state index < -0.39 is 10.0 Å². The molecule has 2 fully saturated rings. The Bertz CT molecular complexity index is 593. The Morgan fingerprint density at radius 2 is 1.90 bits per heavy atom. The Morgan fingerprint density at radius 3 is 2.60 bits per heavy atom. The molecule has 3 rings (SSSR count). The molecular formula is C16H23NO2S. The minimum Gasteiger partial charge on any atom is -0.207 e. The summed E-state index contributed by atoms with van der Waals surface area (Å²) in [6.07, 6.45) is 5.59. The van der Waals surface area contributed by atoms with E-state index in [0.717, 1.165) is 24.8 Å². The fourth-order valence-corrected chi connectivity index (χ4v) is 5.72. The molecule has 0 N–H and O–H groups in total. The van der Waals surface area contributed by atoms with Crippen LogP contribution in [0.4, 0.5) is 0 Å². The van der Waals surface area contributed by atoms with E-state index in [1.54, 1.807) is 16.4 Å². The molecule has 110 valence electrons. The minimum absolute atomic E-state index is 0.176. The molecule has 1 aliphatic carbocycles. The highest BCUT2D eigenvalue weighted by Crippen LogP contribution is 2.44. The van der Waals surface area contributed by atoms with Crippen molar-refractivity contribution >= 4 is 10.0 Å². The van der Waals surface area contributed by atoms with Gasteiger partial charge >= 0.3 is 0 Å². The molecule has 0 unspecified atom stereocenters. The molecule has 1 aromatic carbocycles. The third-order valence-corrected chi connectivity index (χ3v) is 6.98. The van der Waals surface area contributed by atoms with Gasteiger partial charge in [-0.15, -0.1) is 0 Å². The topological polar surface area (TPSA) is 37.4 Å². The van der Waals surface area contributed by atoms with Crippen molar-refractivity contribution in [3.05, 3.63) is 29.8 Å². The lowest BCUT2D eigenvalue weighted by Gasteiger charge is -2.34. The Labute approximate surface area is 122 Å². The van der Waals surface area contributed by atoms with Crippen LogP contribution in [0.3, 0.4) is 0 Å². The van der Waals surface area contributed by atoms with Gasteiger partial charge in [-0.1, -0.05) is 30.5 Å². The Morgan fingerprint density at radius 1 is 1.20 bits per heavy atom. The Hall–Kier alpha value is -0.870. The first-order chi connectivity index (χ1) is 9.42. The van der Waals surface area contributed by atoms with E-state index >= 15 is 0 Å². The van der Waals surface area contributed by atoms with Gasteiger partial charge in [0, 0.05) is 12.1 Å². The van der Waals surface area contributed by atoms with Crippen LogP contribution < -0.4 is 0 Å². The van der Waals surface area contributed by atoms with Crippen molar-refractivity contribution in [2.24, 2.45) is 5.92 Å². The molecule has 1 saturated heterocycles. The van der Waals surface area contributed by atoms with Crippen LogP contribution in [-0.2, 0) is 10.0 Å². The van der Waals surface area contributed by atoms with Gasteiger partial charge in [-0.25, -0.2) is 8.42 Å². The van der Waals surface area contributed by atoms with E-state index in [-0.39, 0.29) is 5.54 Å². The first kappa shape index (κ1) is 14.1. The average Bonchev–Trinajstić information content (AvgIpc) is 2.60. The van der Waals surface area contributed by atoms with Crippen molar-refractivity contribution in [2.75, 3.05) is 6.54 Å². The fourth-order valence-electron chi connectivity index (χ4n) is 3.83. The first-order valence-corrected chi connectivity index (χ1v) is 8.95. The SMILES string of the molecule is Cc1ccc(S(=O)(=O)N2C[C@@H]3CCCC[C@@]2(C)C3)cc1. The molecule has 1 aliphatic heterocycles. The van der Waals surface area contributed by atoms with Crippen LogP contribution in [0.5, 0.6) is 0 Å². The fraction of sp³-hybridized carbons (Fsp3) is 0.625. The molecule has 1 saturated carbocycles. The molecule has 0 aromatic heterocycles. The summed E-state index contributed by atoms with van der Waals surface area (Å²) in [7, 11) is -3.35. The van der Waals surface area contributed by atoms with Gasteiger partial charge in [0.25, 0.3) is 0 Å². The first-order valence-electron chi connectivity index (χ1n) is 7.51. The second kappa shape index (κ2) is 4.85. The van der Waals surface area contributed by atoms with Crippen LogP contribution in [-0.4, -0.2) is 24.8 Å². The molecule has 1 heterocycles. The van der Waals surface area contributed by atoms with E-state index in [1.807, 2.05) is 19.1 Å². The van der Waals surface area contributed by atoms with Gasteiger partial charge in [0.15, 0.2) is 0 Å². The molecule has 1 aromatic rings. The second-order valence-corrected chi connectivity index (χ2v) is 8.52. The monoisotopic (exact) mass is 293 g/mol. The molecule has 0 spiro atoms. The zero-order valence-electron chi connectivity index (χ0n) is 12.3. The molecule has 2 atom stereocenters. The molecule has 3 nitrogen and oxygen atoms in total. The summed E-state index contributed by atoms with van der Waals surface area (Å²) >= 11 is 0. The van der Waals surface area contributed by atoms with E-state index in [1.165, 1.54) is 12.8 Å². The summed E-state index contributed by atoms with van der Waals surface area (Å²) in [5.74, 6) is 0.544. The second-order valence-electron chi connectivity index (χ2n) is 6.66.